The van der Waals surface area contributed by atoms with E-state index < -0.39 is 0 Å². The van der Waals surface area contributed by atoms with Crippen LogP contribution in [0.2, 0.25) is 0 Å². The molecule has 0 saturated carbocycles. The van der Waals surface area contributed by atoms with Gasteiger partial charge in [-0.25, -0.2) is 4.79 Å². The highest BCUT2D eigenvalue weighted by atomic mass is 32.2. The summed E-state index contributed by atoms with van der Waals surface area (Å²) in [5, 5.41) is 0. The third-order valence-electron chi connectivity index (χ3n) is 2.07. The zero-order chi connectivity index (χ0) is 11.5. The molecule has 0 saturated heterocycles. The summed E-state index contributed by atoms with van der Waals surface area (Å²) in [4.78, 5) is 13.8. The van der Waals surface area contributed by atoms with Crippen LogP contribution in [0.4, 0.5) is 0 Å². The molecular formula is C12H12O2S2. The molecular weight excluding hydrogens is 240 g/mol. The molecule has 1 heterocycles. The Bertz CT molecular complexity index is 429. The molecule has 0 fully saturated rings. The Hall–Kier alpha value is -0.870. The standard InChI is InChI=1S/C12H12O2S2/c1-8(2)12(13)14-11-7-15-9-5-3-4-6-10(9)16-11/h3-6,11H,1,7H2,2H3. The average Bonchev–Trinajstić information content (AvgIpc) is 2.28. The molecule has 84 valence electrons. The fraction of sp³-hybridized carbons (Fsp3) is 0.250. The van der Waals surface area contributed by atoms with Crippen LogP contribution in [0, 0.1) is 0 Å². The minimum absolute atomic E-state index is 0.107. The van der Waals surface area contributed by atoms with E-state index in [4.69, 9.17) is 4.74 Å². The van der Waals surface area contributed by atoms with E-state index in [9.17, 15) is 4.79 Å². The van der Waals surface area contributed by atoms with Gasteiger partial charge in [0.15, 0.2) is 5.44 Å². The summed E-state index contributed by atoms with van der Waals surface area (Å²) >= 11 is 3.32. The molecule has 1 aliphatic heterocycles. The fourth-order valence-corrected chi connectivity index (χ4v) is 3.60. The zero-order valence-corrected chi connectivity index (χ0v) is 10.6. The Labute approximate surface area is 103 Å². The van der Waals surface area contributed by atoms with Gasteiger partial charge in [0.05, 0.1) is 0 Å². The van der Waals surface area contributed by atoms with Crippen molar-refractivity contribution < 1.29 is 9.53 Å². The van der Waals surface area contributed by atoms with Gasteiger partial charge in [0.2, 0.25) is 0 Å². The summed E-state index contributed by atoms with van der Waals surface area (Å²) in [6.07, 6.45) is 0. The predicted molar refractivity (Wildman–Crippen MR) is 67.7 cm³/mol. The highest BCUT2D eigenvalue weighted by Crippen LogP contribution is 2.40. The Morgan fingerprint density at radius 2 is 2.12 bits per heavy atom. The van der Waals surface area contributed by atoms with E-state index in [1.807, 2.05) is 18.2 Å². The van der Waals surface area contributed by atoms with Crippen LogP contribution < -0.4 is 0 Å². The molecule has 2 nitrogen and oxygen atoms in total. The first-order valence-electron chi connectivity index (χ1n) is 4.92. The number of esters is 1. The second kappa shape index (κ2) is 4.97. The first-order valence-corrected chi connectivity index (χ1v) is 6.78. The predicted octanol–water partition coefficient (Wildman–Crippen LogP) is 3.33. The van der Waals surface area contributed by atoms with E-state index in [0.717, 1.165) is 5.75 Å². The maximum absolute atomic E-state index is 11.4. The smallest absolute Gasteiger partial charge is 0.334 e. The third-order valence-corrected chi connectivity index (χ3v) is 4.68. The minimum Gasteiger partial charge on any atom is -0.447 e. The van der Waals surface area contributed by atoms with Gasteiger partial charge in [-0.1, -0.05) is 30.5 Å². The average molecular weight is 252 g/mol. The molecule has 2 rings (SSSR count). The molecule has 1 atom stereocenters. The lowest BCUT2D eigenvalue weighted by Crippen LogP contribution is -2.19. The quantitative estimate of drug-likeness (QED) is 0.596. The molecule has 1 unspecified atom stereocenters. The lowest BCUT2D eigenvalue weighted by Gasteiger charge is -2.23. The Kier molecular flexibility index (Phi) is 3.61. The van der Waals surface area contributed by atoms with Crippen molar-refractivity contribution in [1.82, 2.24) is 0 Å². The van der Waals surface area contributed by atoms with Gasteiger partial charge in [-0.2, -0.15) is 0 Å². The SMILES string of the molecule is C=C(C)C(=O)OC1CSc2ccccc2S1. The summed E-state index contributed by atoms with van der Waals surface area (Å²) in [5.74, 6) is 0.484. The zero-order valence-electron chi connectivity index (χ0n) is 8.93. The van der Waals surface area contributed by atoms with Crippen LogP contribution in [0.5, 0.6) is 0 Å². The Morgan fingerprint density at radius 1 is 1.44 bits per heavy atom. The van der Waals surface area contributed by atoms with Gasteiger partial charge in [0, 0.05) is 21.1 Å². The molecule has 1 aromatic rings. The third kappa shape index (κ3) is 2.62. The molecule has 1 aliphatic rings. The molecule has 1 aromatic carbocycles. The van der Waals surface area contributed by atoms with Crippen LogP contribution in [0.25, 0.3) is 0 Å². The molecule has 0 radical (unpaired) electrons. The molecule has 0 spiro atoms. The summed E-state index contributed by atoms with van der Waals surface area (Å²) < 4.78 is 5.31. The van der Waals surface area contributed by atoms with Crippen molar-refractivity contribution in [2.75, 3.05) is 5.75 Å². The van der Waals surface area contributed by atoms with Gasteiger partial charge in [0.1, 0.15) is 0 Å². The van der Waals surface area contributed by atoms with E-state index in [1.54, 1.807) is 30.4 Å². The molecule has 0 bridgehead atoms. The highest BCUT2D eigenvalue weighted by Gasteiger charge is 2.22. The second-order valence-electron chi connectivity index (χ2n) is 3.49. The summed E-state index contributed by atoms with van der Waals surface area (Å²) in [6.45, 7) is 5.24. The second-order valence-corrected chi connectivity index (χ2v) is 5.75. The van der Waals surface area contributed by atoms with Crippen LogP contribution in [-0.4, -0.2) is 17.2 Å². The van der Waals surface area contributed by atoms with Crippen LogP contribution >= 0.6 is 23.5 Å². The van der Waals surface area contributed by atoms with Gasteiger partial charge in [-0.15, -0.1) is 11.8 Å². The summed E-state index contributed by atoms with van der Waals surface area (Å²) in [6, 6.07) is 8.15. The number of ether oxygens (including phenoxy) is 1. The summed E-state index contributed by atoms with van der Waals surface area (Å²) in [7, 11) is 0. The van der Waals surface area contributed by atoms with Crippen molar-refractivity contribution in [3.05, 3.63) is 36.4 Å². The molecule has 16 heavy (non-hydrogen) atoms. The van der Waals surface area contributed by atoms with E-state index in [2.05, 4.69) is 12.6 Å². The van der Waals surface area contributed by atoms with Crippen molar-refractivity contribution in [1.29, 1.82) is 0 Å². The van der Waals surface area contributed by atoms with Crippen molar-refractivity contribution in [2.45, 2.75) is 22.2 Å². The maximum atomic E-state index is 11.4. The monoisotopic (exact) mass is 252 g/mol. The molecule has 0 aromatic heterocycles. The van der Waals surface area contributed by atoms with Gasteiger partial charge >= 0.3 is 5.97 Å². The van der Waals surface area contributed by atoms with Gasteiger partial charge in [-0.3, -0.25) is 0 Å². The number of carbonyl (C=O) groups excluding carboxylic acids is 1. The van der Waals surface area contributed by atoms with Gasteiger partial charge < -0.3 is 4.74 Å². The number of fused-ring (bicyclic) bond motifs is 1. The van der Waals surface area contributed by atoms with Crippen LogP contribution in [0.3, 0.4) is 0 Å². The van der Waals surface area contributed by atoms with Crippen LogP contribution in [0.15, 0.2) is 46.2 Å². The van der Waals surface area contributed by atoms with E-state index in [1.165, 1.54) is 9.79 Å². The van der Waals surface area contributed by atoms with Crippen molar-refractivity contribution in [3.8, 4) is 0 Å². The largest absolute Gasteiger partial charge is 0.447 e. The van der Waals surface area contributed by atoms with Crippen molar-refractivity contribution in [2.24, 2.45) is 0 Å². The number of rotatable bonds is 2. The van der Waals surface area contributed by atoms with E-state index in [0.29, 0.717) is 5.57 Å². The van der Waals surface area contributed by atoms with Crippen LogP contribution in [0.1, 0.15) is 6.92 Å². The Morgan fingerprint density at radius 3 is 2.81 bits per heavy atom. The van der Waals surface area contributed by atoms with E-state index in [-0.39, 0.29) is 11.4 Å². The molecule has 0 aliphatic carbocycles. The highest BCUT2D eigenvalue weighted by molar-refractivity contribution is 8.06. The molecule has 0 amide bonds. The first-order chi connectivity index (χ1) is 7.66. The number of benzene rings is 1. The van der Waals surface area contributed by atoms with E-state index >= 15 is 0 Å². The fourth-order valence-electron chi connectivity index (χ4n) is 1.28. The first kappa shape index (κ1) is 11.6. The topological polar surface area (TPSA) is 26.3 Å². The van der Waals surface area contributed by atoms with Crippen molar-refractivity contribution in [3.63, 3.8) is 0 Å². The number of hydrogen-bond donors (Lipinski definition) is 0. The maximum Gasteiger partial charge on any atom is 0.334 e. The number of hydrogen-bond acceptors (Lipinski definition) is 4. The lowest BCUT2D eigenvalue weighted by molar-refractivity contribution is -0.139. The molecule has 4 heteroatoms. The van der Waals surface area contributed by atoms with Crippen LogP contribution in [-0.2, 0) is 9.53 Å². The van der Waals surface area contributed by atoms with Gasteiger partial charge in [0.25, 0.3) is 0 Å². The number of thioether (sulfide) groups is 2. The minimum atomic E-state index is -0.308. The Balaban J connectivity index is 2.03. The summed E-state index contributed by atoms with van der Waals surface area (Å²) in [5.41, 5.74) is 0.341. The van der Waals surface area contributed by atoms with Crippen molar-refractivity contribution >= 4 is 29.5 Å². The lowest BCUT2D eigenvalue weighted by atomic mass is 10.4. The van der Waals surface area contributed by atoms with Gasteiger partial charge in [-0.05, 0) is 19.1 Å². The number of carbonyl (C=O) groups is 1. The molecule has 0 N–H and O–H groups in total. The normalized spacial score (nSPS) is 18.7.